The summed E-state index contributed by atoms with van der Waals surface area (Å²) < 4.78 is 6.31. The van der Waals surface area contributed by atoms with Gasteiger partial charge in [0.1, 0.15) is 0 Å². The van der Waals surface area contributed by atoms with Crippen molar-refractivity contribution in [2.24, 2.45) is 5.73 Å². The van der Waals surface area contributed by atoms with Crippen molar-refractivity contribution >= 4 is 17.9 Å². The highest BCUT2D eigenvalue weighted by atomic mass is 16.5. The van der Waals surface area contributed by atoms with E-state index >= 15 is 0 Å². The molecule has 5 N–H and O–H groups in total. The molecule has 0 unspecified atom stereocenters. The van der Waals surface area contributed by atoms with Gasteiger partial charge < -0.3 is 16.2 Å². The lowest BCUT2D eigenvalue weighted by Gasteiger charge is -2.00. The van der Waals surface area contributed by atoms with Crippen LogP contribution in [0.4, 0.5) is 10.7 Å². The molecule has 110 valence electrons. The maximum Gasteiger partial charge on any atom is 0.335 e. The summed E-state index contributed by atoms with van der Waals surface area (Å²) in [5.41, 5.74) is 6.02. The van der Waals surface area contributed by atoms with E-state index in [9.17, 15) is 9.59 Å². The number of carboxylic acid groups (broad SMARTS) is 1. The van der Waals surface area contributed by atoms with Crippen LogP contribution in [0.25, 0.3) is 5.69 Å². The molecule has 9 nitrogen and oxygen atoms in total. The highest BCUT2D eigenvalue weighted by Crippen LogP contribution is 2.06. The molecule has 2 rings (SSSR count). The van der Waals surface area contributed by atoms with E-state index in [4.69, 9.17) is 15.4 Å². The van der Waals surface area contributed by atoms with E-state index in [1.165, 1.54) is 23.0 Å². The highest BCUT2D eigenvalue weighted by Gasteiger charge is 2.17. The smallest absolute Gasteiger partial charge is 0.335 e. The Morgan fingerprint density at radius 1 is 1.33 bits per heavy atom. The van der Waals surface area contributed by atoms with E-state index in [2.05, 4.69) is 15.9 Å². The van der Waals surface area contributed by atoms with Crippen molar-refractivity contribution in [2.75, 3.05) is 18.4 Å². The molecule has 0 atom stereocenters. The van der Waals surface area contributed by atoms with Gasteiger partial charge in [0.05, 0.1) is 5.56 Å². The molecule has 0 radical (unpaired) electrons. The van der Waals surface area contributed by atoms with Gasteiger partial charge in [-0.3, -0.25) is 9.84 Å². The average Bonchev–Trinajstić information content (AvgIpc) is 2.93. The van der Waals surface area contributed by atoms with Gasteiger partial charge in [-0.2, -0.15) is 0 Å². The maximum absolute atomic E-state index is 11.4. The van der Waals surface area contributed by atoms with Crippen molar-refractivity contribution in [3.05, 3.63) is 36.0 Å². The summed E-state index contributed by atoms with van der Waals surface area (Å²) >= 11 is 0. The normalized spacial score (nSPS) is 10.1. The topological polar surface area (TPSA) is 134 Å². The molecule has 21 heavy (non-hydrogen) atoms. The number of nitrogens with one attached hydrogen (secondary N) is 2. The summed E-state index contributed by atoms with van der Waals surface area (Å²) in [6, 6.07) is 5.58. The number of anilines is 1. The first-order valence-electron chi connectivity index (χ1n) is 6.07. The van der Waals surface area contributed by atoms with Gasteiger partial charge >= 0.3 is 17.9 Å². The number of nitrogens with two attached hydrogens (primary N) is 1. The van der Waals surface area contributed by atoms with Crippen LogP contribution >= 0.6 is 0 Å². The molecular formula is C12H14N5O4+. The number of carbonyl (C=O) groups excluding carboxylic acids is 1. The van der Waals surface area contributed by atoms with Gasteiger partial charge in [-0.15, -0.1) is 0 Å². The zero-order valence-electron chi connectivity index (χ0n) is 10.9. The number of nitrogens with zero attached hydrogens (tertiary/aromatic N) is 2. The summed E-state index contributed by atoms with van der Waals surface area (Å²) in [5.74, 6) is -0.863. The van der Waals surface area contributed by atoms with E-state index in [1.54, 1.807) is 12.1 Å². The summed E-state index contributed by atoms with van der Waals surface area (Å²) in [5, 5.41) is 17.5. The summed E-state index contributed by atoms with van der Waals surface area (Å²) in [6.07, 6.45) is 1.46. The fraction of sp³-hybridized carbons (Fsp3) is 0.167. The maximum atomic E-state index is 11.4. The van der Waals surface area contributed by atoms with Crippen molar-refractivity contribution in [1.82, 2.24) is 10.6 Å². The average molecular weight is 292 g/mol. The first-order chi connectivity index (χ1) is 10.1. The van der Waals surface area contributed by atoms with Crippen LogP contribution in [0.3, 0.4) is 0 Å². The van der Waals surface area contributed by atoms with Gasteiger partial charge in [-0.25, -0.2) is 9.59 Å². The Morgan fingerprint density at radius 2 is 2.05 bits per heavy atom. The van der Waals surface area contributed by atoms with Crippen molar-refractivity contribution < 1.29 is 23.9 Å². The van der Waals surface area contributed by atoms with Crippen LogP contribution in [0.15, 0.2) is 35.0 Å². The molecule has 1 heterocycles. The van der Waals surface area contributed by atoms with E-state index in [0.717, 1.165) is 0 Å². The lowest BCUT2D eigenvalue weighted by atomic mass is 10.2. The van der Waals surface area contributed by atoms with Gasteiger partial charge in [0.25, 0.3) is 6.20 Å². The Labute approximate surface area is 119 Å². The number of amides is 2. The van der Waals surface area contributed by atoms with Gasteiger partial charge in [0.2, 0.25) is 11.0 Å². The van der Waals surface area contributed by atoms with E-state index < -0.39 is 12.0 Å². The predicted octanol–water partition coefficient (Wildman–Crippen LogP) is -0.270. The Morgan fingerprint density at radius 3 is 2.67 bits per heavy atom. The number of hydrogen-bond donors (Lipinski definition) is 4. The van der Waals surface area contributed by atoms with Crippen LogP contribution in [0.2, 0.25) is 0 Å². The second-order valence-electron chi connectivity index (χ2n) is 4.03. The zero-order chi connectivity index (χ0) is 15.2. The molecule has 9 heteroatoms. The fourth-order valence-corrected chi connectivity index (χ4v) is 1.52. The van der Waals surface area contributed by atoms with Crippen LogP contribution in [0.5, 0.6) is 0 Å². The molecule has 0 saturated carbocycles. The fourth-order valence-electron chi connectivity index (χ4n) is 1.52. The van der Waals surface area contributed by atoms with Gasteiger partial charge in [0, 0.05) is 25.2 Å². The Bertz CT molecular complexity index is 637. The van der Waals surface area contributed by atoms with Crippen molar-refractivity contribution in [1.29, 1.82) is 0 Å². The number of carboxylic acids is 1. The molecule has 1 aromatic heterocycles. The van der Waals surface area contributed by atoms with E-state index in [1.807, 2.05) is 0 Å². The number of benzene rings is 1. The highest BCUT2D eigenvalue weighted by molar-refractivity contribution is 5.88. The first kappa shape index (κ1) is 14.5. The van der Waals surface area contributed by atoms with Crippen LogP contribution < -0.4 is 21.0 Å². The van der Waals surface area contributed by atoms with Crippen molar-refractivity contribution in [3.63, 3.8) is 0 Å². The van der Waals surface area contributed by atoms with Crippen LogP contribution in [-0.2, 0) is 0 Å². The number of urea groups is 1. The molecule has 0 aliphatic rings. The van der Waals surface area contributed by atoms with E-state index in [-0.39, 0.29) is 11.4 Å². The Hall–Kier alpha value is -2.94. The number of carbonyl (C=O) groups is 2. The number of aromatic carboxylic acids is 1. The van der Waals surface area contributed by atoms with Crippen LogP contribution in [0, 0.1) is 0 Å². The molecule has 1 aromatic carbocycles. The van der Waals surface area contributed by atoms with Crippen molar-refractivity contribution in [2.45, 2.75) is 0 Å². The minimum absolute atomic E-state index is 0.145. The lowest BCUT2D eigenvalue weighted by Crippen LogP contribution is -2.33. The predicted molar refractivity (Wildman–Crippen MR) is 71.1 cm³/mol. The Kier molecular flexibility index (Phi) is 4.46. The van der Waals surface area contributed by atoms with Gasteiger partial charge in [-0.05, 0) is 16.8 Å². The minimum atomic E-state index is -1.01. The summed E-state index contributed by atoms with van der Waals surface area (Å²) in [7, 11) is 0. The number of rotatable bonds is 5. The molecule has 2 amide bonds. The molecular weight excluding hydrogens is 278 g/mol. The van der Waals surface area contributed by atoms with Crippen molar-refractivity contribution in [3.8, 4) is 5.69 Å². The summed E-state index contributed by atoms with van der Waals surface area (Å²) in [4.78, 5) is 22.2. The molecule has 2 aromatic rings. The molecule has 0 spiro atoms. The van der Waals surface area contributed by atoms with Gasteiger partial charge in [0.15, 0.2) is 0 Å². The zero-order valence-corrected chi connectivity index (χ0v) is 10.9. The number of aromatic nitrogens is 2. The largest absolute Gasteiger partial charge is 0.478 e. The minimum Gasteiger partial charge on any atom is -0.478 e. The second-order valence-corrected chi connectivity index (χ2v) is 4.03. The van der Waals surface area contributed by atoms with Gasteiger partial charge in [-0.1, -0.05) is 0 Å². The third-order valence-corrected chi connectivity index (χ3v) is 2.51. The summed E-state index contributed by atoms with van der Waals surface area (Å²) in [6.45, 7) is 0.677. The lowest BCUT2D eigenvalue weighted by molar-refractivity contribution is -0.670. The molecule has 0 aliphatic carbocycles. The van der Waals surface area contributed by atoms with Crippen LogP contribution in [0.1, 0.15) is 10.4 Å². The monoisotopic (exact) mass is 292 g/mol. The third kappa shape index (κ3) is 3.76. The van der Waals surface area contributed by atoms with Crippen LogP contribution in [-0.4, -0.2) is 35.5 Å². The third-order valence-electron chi connectivity index (χ3n) is 2.51. The first-order valence-corrected chi connectivity index (χ1v) is 6.07. The molecule has 0 bridgehead atoms. The standard InChI is InChI=1S/C12H13N5O4/c13-5-6-14-12(20)15-10-7-17(16-21-10)9-3-1-8(2-4-9)11(18)19/h1-4,7H,5-6,13H2,(H2-,14,15,16,18,19,20)/p+1. The Balaban J connectivity index is 2.05. The van der Waals surface area contributed by atoms with E-state index in [0.29, 0.717) is 18.8 Å². The second kappa shape index (κ2) is 6.48. The quantitative estimate of drug-likeness (QED) is 0.560. The molecule has 0 aliphatic heterocycles. The molecule has 0 fully saturated rings. The SMILES string of the molecule is NCCNC(=O)Nc1c[n+](-c2ccc(C(=O)O)cc2)no1. The number of hydrogen-bond acceptors (Lipinski definition) is 5. The molecule has 0 saturated heterocycles.